The number of urea groups is 1. The number of nitrogens with one attached hydrogen (secondary N) is 3. The molecular formula is C20H21FN4O2. The van der Waals surface area contributed by atoms with Crippen molar-refractivity contribution in [1.29, 1.82) is 0 Å². The number of hydrogen-bond acceptors (Lipinski definition) is 2. The number of aryl methyl sites for hydroxylation is 1. The number of aromatic amines is 1. The van der Waals surface area contributed by atoms with E-state index in [1.54, 1.807) is 18.2 Å². The lowest BCUT2D eigenvalue weighted by atomic mass is 10.0. The summed E-state index contributed by atoms with van der Waals surface area (Å²) in [5.41, 5.74) is 9.03. The molecule has 0 unspecified atom stereocenters. The van der Waals surface area contributed by atoms with Gasteiger partial charge in [-0.25, -0.2) is 9.18 Å². The number of primary amides is 1. The van der Waals surface area contributed by atoms with Gasteiger partial charge < -0.3 is 21.4 Å². The van der Waals surface area contributed by atoms with Crippen molar-refractivity contribution in [2.24, 2.45) is 5.73 Å². The van der Waals surface area contributed by atoms with E-state index >= 15 is 0 Å². The molecule has 3 rings (SSSR count). The van der Waals surface area contributed by atoms with Gasteiger partial charge in [0, 0.05) is 36.0 Å². The second-order valence-corrected chi connectivity index (χ2v) is 6.30. The van der Waals surface area contributed by atoms with Crippen LogP contribution in [0.3, 0.4) is 0 Å². The first kappa shape index (κ1) is 18.4. The van der Waals surface area contributed by atoms with E-state index in [1.807, 2.05) is 25.1 Å². The SMILES string of the molecule is Cc1c(-c2ccccc2F)[nH]c2ccc(CNC(=O)CCNC(N)=O)cc12. The van der Waals surface area contributed by atoms with Crippen LogP contribution in [-0.4, -0.2) is 23.5 Å². The fourth-order valence-corrected chi connectivity index (χ4v) is 3.01. The van der Waals surface area contributed by atoms with Gasteiger partial charge in [0.1, 0.15) is 5.82 Å². The van der Waals surface area contributed by atoms with Crippen molar-refractivity contribution in [2.45, 2.75) is 19.9 Å². The summed E-state index contributed by atoms with van der Waals surface area (Å²) < 4.78 is 14.1. The van der Waals surface area contributed by atoms with Crippen LogP contribution in [0.1, 0.15) is 17.5 Å². The smallest absolute Gasteiger partial charge is 0.312 e. The van der Waals surface area contributed by atoms with Crippen molar-refractivity contribution in [3.63, 3.8) is 0 Å². The number of carbonyl (C=O) groups is 2. The zero-order valence-corrected chi connectivity index (χ0v) is 14.9. The summed E-state index contributed by atoms with van der Waals surface area (Å²) in [6, 6.07) is 11.8. The Morgan fingerprint density at radius 1 is 1.15 bits per heavy atom. The van der Waals surface area contributed by atoms with Crippen molar-refractivity contribution in [3.05, 3.63) is 59.4 Å². The summed E-state index contributed by atoms with van der Waals surface area (Å²) in [5.74, 6) is -0.453. The van der Waals surface area contributed by atoms with E-state index in [0.29, 0.717) is 12.1 Å². The van der Waals surface area contributed by atoms with E-state index in [9.17, 15) is 14.0 Å². The highest BCUT2D eigenvalue weighted by Crippen LogP contribution is 2.31. The molecule has 0 spiro atoms. The van der Waals surface area contributed by atoms with Gasteiger partial charge >= 0.3 is 6.03 Å². The minimum Gasteiger partial charge on any atom is -0.354 e. The van der Waals surface area contributed by atoms with Gasteiger partial charge in [-0.1, -0.05) is 18.2 Å². The van der Waals surface area contributed by atoms with Crippen molar-refractivity contribution in [3.8, 4) is 11.3 Å². The monoisotopic (exact) mass is 368 g/mol. The average Bonchev–Trinajstić information content (AvgIpc) is 2.96. The lowest BCUT2D eigenvalue weighted by Gasteiger charge is -2.06. The van der Waals surface area contributed by atoms with Crippen molar-refractivity contribution >= 4 is 22.8 Å². The highest BCUT2D eigenvalue weighted by Gasteiger charge is 2.13. The molecule has 0 aliphatic rings. The lowest BCUT2D eigenvalue weighted by Crippen LogP contribution is -2.33. The van der Waals surface area contributed by atoms with Crippen LogP contribution in [-0.2, 0) is 11.3 Å². The largest absolute Gasteiger partial charge is 0.354 e. The Morgan fingerprint density at radius 2 is 1.93 bits per heavy atom. The molecule has 27 heavy (non-hydrogen) atoms. The molecule has 7 heteroatoms. The van der Waals surface area contributed by atoms with Gasteiger partial charge in [0.25, 0.3) is 0 Å². The van der Waals surface area contributed by atoms with E-state index in [0.717, 1.165) is 27.7 Å². The van der Waals surface area contributed by atoms with Gasteiger partial charge in [-0.2, -0.15) is 0 Å². The minimum atomic E-state index is -0.651. The number of halogens is 1. The number of benzene rings is 2. The Morgan fingerprint density at radius 3 is 2.67 bits per heavy atom. The van der Waals surface area contributed by atoms with Crippen molar-refractivity contribution in [2.75, 3.05) is 6.54 Å². The van der Waals surface area contributed by atoms with Crippen LogP contribution in [0.5, 0.6) is 0 Å². The van der Waals surface area contributed by atoms with Gasteiger partial charge in [0.05, 0.1) is 5.69 Å². The Hall–Kier alpha value is -3.35. The molecule has 0 atom stereocenters. The predicted octanol–water partition coefficient (Wildman–Crippen LogP) is 2.96. The highest BCUT2D eigenvalue weighted by molar-refractivity contribution is 5.91. The van der Waals surface area contributed by atoms with Gasteiger partial charge in [-0.3, -0.25) is 4.79 Å². The third kappa shape index (κ3) is 4.25. The zero-order valence-electron chi connectivity index (χ0n) is 14.9. The molecule has 0 radical (unpaired) electrons. The number of nitrogens with two attached hydrogens (primary N) is 1. The molecule has 1 heterocycles. The van der Waals surface area contributed by atoms with Crippen LogP contribution in [0.15, 0.2) is 42.5 Å². The molecule has 0 aliphatic heterocycles. The number of carbonyl (C=O) groups excluding carboxylic acids is 2. The molecule has 3 amide bonds. The third-order valence-corrected chi connectivity index (χ3v) is 4.41. The van der Waals surface area contributed by atoms with Crippen LogP contribution >= 0.6 is 0 Å². The Labute approximate surface area is 155 Å². The number of fused-ring (bicyclic) bond motifs is 1. The number of amides is 3. The topological polar surface area (TPSA) is 100 Å². The molecule has 140 valence electrons. The molecule has 3 aromatic rings. The predicted molar refractivity (Wildman–Crippen MR) is 102 cm³/mol. The molecule has 0 saturated carbocycles. The maximum absolute atomic E-state index is 14.1. The molecule has 2 aromatic carbocycles. The molecule has 0 aliphatic carbocycles. The van der Waals surface area contributed by atoms with Gasteiger partial charge in [-0.15, -0.1) is 0 Å². The maximum Gasteiger partial charge on any atom is 0.312 e. The average molecular weight is 368 g/mol. The first-order chi connectivity index (χ1) is 13.0. The van der Waals surface area contributed by atoms with Gasteiger partial charge in [0.15, 0.2) is 0 Å². The minimum absolute atomic E-state index is 0.159. The second kappa shape index (κ2) is 7.90. The molecule has 0 fully saturated rings. The molecule has 5 N–H and O–H groups in total. The molecule has 0 bridgehead atoms. The molecule has 0 saturated heterocycles. The summed E-state index contributed by atoms with van der Waals surface area (Å²) >= 11 is 0. The van der Waals surface area contributed by atoms with E-state index in [-0.39, 0.29) is 24.7 Å². The van der Waals surface area contributed by atoms with Gasteiger partial charge in [-0.05, 0) is 42.3 Å². The van der Waals surface area contributed by atoms with E-state index in [2.05, 4.69) is 15.6 Å². The van der Waals surface area contributed by atoms with Crippen LogP contribution in [0, 0.1) is 12.7 Å². The van der Waals surface area contributed by atoms with Crippen LogP contribution < -0.4 is 16.4 Å². The van der Waals surface area contributed by atoms with E-state index < -0.39 is 6.03 Å². The van der Waals surface area contributed by atoms with E-state index in [1.165, 1.54) is 6.07 Å². The fraction of sp³-hybridized carbons (Fsp3) is 0.200. The molecule has 6 nitrogen and oxygen atoms in total. The van der Waals surface area contributed by atoms with Crippen LogP contribution in [0.2, 0.25) is 0 Å². The normalized spacial score (nSPS) is 10.7. The summed E-state index contributed by atoms with van der Waals surface area (Å²) in [6.45, 7) is 2.51. The molecule has 1 aromatic heterocycles. The van der Waals surface area contributed by atoms with Crippen LogP contribution in [0.25, 0.3) is 22.2 Å². The zero-order chi connectivity index (χ0) is 19.4. The van der Waals surface area contributed by atoms with E-state index in [4.69, 9.17) is 5.73 Å². The Bertz CT molecular complexity index is 997. The quantitative estimate of drug-likeness (QED) is 0.538. The summed E-state index contributed by atoms with van der Waals surface area (Å²) in [6.07, 6.45) is 0.159. The number of rotatable bonds is 6. The third-order valence-electron chi connectivity index (χ3n) is 4.41. The maximum atomic E-state index is 14.1. The standard InChI is InChI=1S/C20H21FN4O2/c1-12-15-10-13(11-24-18(26)8-9-23-20(22)27)6-7-17(15)25-19(12)14-4-2-3-5-16(14)21/h2-7,10,25H,8-9,11H2,1H3,(H,24,26)(H3,22,23,27). The number of hydrogen-bond donors (Lipinski definition) is 4. The van der Waals surface area contributed by atoms with Gasteiger partial charge in [0.2, 0.25) is 5.91 Å². The summed E-state index contributed by atoms with van der Waals surface area (Å²) in [7, 11) is 0. The second-order valence-electron chi connectivity index (χ2n) is 6.30. The first-order valence-electron chi connectivity index (χ1n) is 8.62. The summed E-state index contributed by atoms with van der Waals surface area (Å²) in [4.78, 5) is 25.7. The fourth-order valence-electron chi connectivity index (χ4n) is 3.01. The Balaban J connectivity index is 1.74. The van der Waals surface area contributed by atoms with Crippen molar-refractivity contribution < 1.29 is 14.0 Å². The molecular weight excluding hydrogens is 347 g/mol. The highest BCUT2D eigenvalue weighted by atomic mass is 19.1. The van der Waals surface area contributed by atoms with Crippen LogP contribution in [0.4, 0.5) is 9.18 Å². The Kier molecular flexibility index (Phi) is 5.40. The number of H-pyrrole nitrogens is 1. The summed E-state index contributed by atoms with van der Waals surface area (Å²) in [5, 5.41) is 6.16. The lowest BCUT2D eigenvalue weighted by molar-refractivity contribution is -0.121. The van der Waals surface area contributed by atoms with Crippen molar-refractivity contribution in [1.82, 2.24) is 15.6 Å². The first-order valence-corrected chi connectivity index (χ1v) is 8.62. The number of aromatic nitrogens is 1.